The smallest absolute Gasteiger partial charge is 0.0431 e. The van der Waals surface area contributed by atoms with Gasteiger partial charge in [-0.25, -0.2) is 0 Å². The lowest BCUT2D eigenvalue weighted by molar-refractivity contribution is 0.285. The van der Waals surface area contributed by atoms with E-state index < -0.39 is 0 Å². The van der Waals surface area contributed by atoms with Crippen LogP contribution in [0.2, 0.25) is 0 Å². The highest BCUT2D eigenvalue weighted by Gasteiger charge is 2.17. The summed E-state index contributed by atoms with van der Waals surface area (Å²) in [4.78, 5) is 2.48. The standard InChI is InChI=1S/C17H28N2O/c1-3-18-14(2)15-8-9-17-16(13-15)7-6-11-19(17)10-4-5-12-20/h8-9,13-14,18,20H,3-7,10-12H2,1-2H3. The normalized spacial score (nSPS) is 16.1. The molecule has 112 valence electrons. The van der Waals surface area contributed by atoms with Crippen molar-refractivity contribution in [2.24, 2.45) is 0 Å². The van der Waals surface area contributed by atoms with Crippen LogP contribution >= 0.6 is 0 Å². The van der Waals surface area contributed by atoms with Crippen LogP contribution in [0.4, 0.5) is 5.69 Å². The maximum atomic E-state index is 8.91. The van der Waals surface area contributed by atoms with Crippen molar-refractivity contribution in [2.45, 2.75) is 45.6 Å². The summed E-state index contributed by atoms with van der Waals surface area (Å²) in [7, 11) is 0. The van der Waals surface area contributed by atoms with Gasteiger partial charge in [-0.15, -0.1) is 0 Å². The Labute approximate surface area is 123 Å². The van der Waals surface area contributed by atoms with Gasteiger partial charge in [-0.2, -0.15) is 0 Å². The van der Waals surface area contributed by atoms with E-state index in [-0.39, 0.29) is 0 Å². The highest BCUT2D eigenvalue weighted by Crippen LogP contribution is 2.30. The number of anilines is 1. The molecule has 2 rings (SSSR count). The number of aliphatic hydroxyl groups excluding tert-OH is 1. The van der Waals surface area contributed by atoms with Crippen LogP contribution in [0.1, 0.15) is 50.3 Å². The molecule has 0 saturated heterocycles. The Morgan fingerprint density at radius 1 is 1.35 bits per heavy atom. The second-order valence-electron chi connectivity index (χ2n) is 5.69. The quantitative estimate of drug-likeness (QED) is 0.752. The molecule has 0 fully saturated rings. The zero-order valence-electron chi connectivity index (χ0n) is 12.9. The highest BCUT2D eigenvalue weighted by atomic mass is 16.2. The third-order valence-corrected chi connectivity index (χ3v) is 4.16. The molecule has 1 heterocycles. The minimum atomic E-state index is 0.305. The molecular formula is C17H28N2O. The molecule has 1 aliphatic heterocycles. The van der Waals surface area contributed by atoms with Crippen molar-refractivity contribution in [3.8, 4) is 0 Å². The second-order valence-corrected chi connectivity index (χ2v) is 5.69. The summed E-state index contributed by atoms with van der Waals surface area (Å²) in [5, 5.41) is 12.4. The monoisotopic (exact) mass is 276 g/mol. The lowest BCUT2D eigenvalue weighted by Crippen LogP contribution is -2.30. The zero-order valence-corrected chi connectivity index (χ0v) is 12.9. The molecule has 3 nitrogen and oxygen atoms in total. The Morgan fingerprint density at radius 2 is 2.20 bits per heavy atom. The van der Waals surface area contributed by atoms with E-state index in [9.17, 15) is 0 Å². The van der Waals surface area contributed by atoms with E-state index in [2.05, 4.69) is 42.3 Å². The topological polar surface area (TPSA) is 35.5 Å². The summed E-state index contributed by atoms with van der Waals surface area (Å²) >= 11 is 0. The first kappa shape index (κ1) is 15.3. The summed E-state index contributed by atoms with van der Waals surface area (Å²) in [6, 6.07) is 7.35. The molecule has 1 atom stereocenters. The molecule has 1 aromatic rings. The minimum absolute atomic E-state index is 0.305. The van der Waals surface area contributed by atoms with Crippen molar-refractivity contribution in [3.63, 3.8) is 0 Å². The number of benzene rings is 1. The molecule has 0 amide bonds. The molecule has 0 aromatic heterocycles. The summed E-state index contributed by atoms with van der Waals surface area (Å²) in [6.07, 6.45) is 4.41. The average molecular weight is 276 g/mol. The van der Waals surface area contributed by atoms with E-state index in [1.54, 1.807) is 0 Å². The molecule has 2 N–H and O–H groups in total. The van der Waals surface area contributed by atoms with Gasteiger partial charge in [0.05, 0.1) is 0 Å². The van der Waals surface area contributed by atoms with E-state index in [4.69, 9.17) is 5.11 Å². The fraction of sp³-hybridized carbons (Fsp3) is 0.647. The minimum Gasteiger partial charge on any atom is -0.396 e. The molecule has 0 saturated carbocycles. The van der Waals surface area contributed by atoms with Crippen molar-refractivity contribution < 1.29 is 5.11 Å². The van der Waals surface area contributed by atoms with Gasteiger partial charge in [-0.3, -0.25) is 0 Å². The Balaban J connectivity index is 2.09. The van der Waals surface area contributed by atoms with Crippen LogP contribution in [-0.4, -0.2) is 31.3 Å². The third kappa shape index (κ3) is 3.74. The number of aliphatic hydroxyl groups is 1. The molecule has 0 aliphatic carbocycles. The van der Waals surface area contributed by atoms with Gasteiger partial charge in [0.2, 0.25) is 0 Å². The van der Waals surface area contributed by atoms with Crippen LogP contribution in [0, 0.1) is 0 Å². The Kier molecular flexibility index (Phi) is 5.86. The van der Waals surface area contributed by atoms with E-state index in [1.165, 1.54) is 29.7 Å². The SMILES string of the molecule is CCNC(C)c1ccc2c(c1)CCCN2CCCCO. The van der Waals surface area contributed by atoms with E-state index >= 15 is 0 Å². The largest absolute Gasteiger partial charge is 0.396 e. The second kappa shape index (κ2) is 7.65. The Bertz CT molecular complexity index is 419. The molecule has 0 spiro atoms. The maximum Gasteiger partial charge on any atom is 0.0431 e. The Morgan fingerprint density at radius 3 is 2.95 bits per heavy atom. The van der Waals surface area contributed by atoms with Gasteiger partial charge >= 0.3 is 0 Å². The van der Waals surface area contributed by atoms with E-state index in [0.717, 1.165) is 32.5 Å². The lowest BCUT2D eigenvalue weighted by Gasteiger charge is -2.32. The first-order valence-corrected chi connectivity index (χ1v) is 7.98. The van der Waals surface area contributed by atoms with Crippen LogP contribution in [0.3, 0.4) is 0 Å². The first-order chi connectivity index (χ1) is 9.76. The number of fused-ring (bicyclic) bond motifs is 1. The number of hydrogen-bond donors (Lipinski definition) is 2. The number of hydrogen-bond acceptors (Lipinski definition) is 3. The molecule has 1 aliphatic rings. The first-order valence-electron chi connectivity index (χ1n) is 7.98. The lowest BCUT2D eigenvalue weighted by atomic mass is 9.96. The van der Waals surface area contributed by atoms with Gasteiger partial charge in [0.15, 0.2) is 0 Å². The zero-order chi connectivity index (χ0) is 14.4. The summed E-state index contributed by atoms with van der Waals surface area (Å²) in [5.74, 6) is 0. The predicted octanol–water partition coefficient (Wildman–Crippen LogP) is 2.88. The van der Waals surface area contributed by atoms with Crippen molar-refractivity contribution in [1.29, 1.82) is 0 Å². The Hall–Kier alpha value is -1.06. The molecule has 20 heavy (non-hydrogen) atoms. The maximum absolute atomic E-state index is 8.91. The van der Waals surface area contributed by atoms with Gasteiger partial charge in [0, 0.05) is 31.4 Å². The van der Waals surface area contributed by atoms with Gasteiger partial charge < -0.3 is 15.3 Å². The van der Waals surface area contributed by atoms with Crippen LogP contribution < -0.4 is 10.2 Å². The van der Waals surface area contributed by atoms with E-state index in [1.807, 2.05) is 0 Å². The van der Waals surface area contributed by atoms with Crippen LogP contribution in [0.25, 0.3) is 0 Å². The molecule has 3 heteroatoms. The van der Waals surface area contributed by atoms with Crippen LogP contribution in [-0.2, 0) is 6.42 Å². The fourth-order valence-electron chi connectivity index (χ4n) is 3.04. The number of unbranched alkanes of at least 4 members (excludes halogenated alkanes) is 1. The summed E-state index contributed by atoms with van der Waals surface area (Å²) < 4.78 is 0. The fourth-order valence-corrected chi connectivity index (χ4v) is 3.04. The van der Waals surface area contributed by atoms with Gasteiger partial charge in [-0.1, -0.05) is 19.1 Å². The summed E-state index contributed by atoms with van der Waals surface area (Å²) in [6.45, 7) is 7.91. The molecule has 0 radical (unpaired) electrons. The number of nitrogens with one attached hydrogen (secondary N) is 1. The van der Waals surface area contributed by atoms with Gasteiger partial charge in [-0.05, 0) is 56.3 Å². The van der Waals surface area contributed by atoms with Gasteiger partial charge in [0.25, 0.3) is 0 Å². The van der Waals surface area contributed by atoms with Crippen molar-refractivity contribution >= 4 is 5.69 Å². The van der Waals surface area contributed by atoms with Crippen molar-refractivity contribution in [2.75, 3.05) is 31.1 Å². The number of rotatable bonds is 7. The molecule has 1 unspecified atom stereocenters. The molecule has 1 aromatic carbocycles. The number of nitrogens with zero attached hydrogens (tertiary/aromatic N) is 1. The van der Waals surface area contributed by atoms with E-state index in [0.29, 0.717) is 12.6 Å². The molecule has 0 bridgehead atoms. The third-order valence-electron chi connectivity index (χ3n) is 4.16. The van der Waals surface area contributed by atoms with Crippen LogP contribution in [0.5, 0.6) is 0 Å². The van der Waals surface area contributed by atoms with Gasteiger partial charge in [0.1, 0.15) is 0 Å². The summed E-state index contributed by atoms with van der Waals surface area (Å²) in [5.41, 5.74) is 4.28. The van der Waals surface area contributed by atoms with Crippen molar-refractivity contribution in [1.82, 2.24) is 5.32 Å². The predicted molar refractivity (Wildman–Crippen MR) is 85.4 cm³/mol. The number of aryl methyl sites for hydroxylation is 1. The van der Waals surface area contributed by atoms with Crippen molar-refractivity contribution in [3.05, 3.63) is 29.3 Å². The average Bonchev–Trinajstić information content (AvgIpc) is 2.47. The van der Waals surface area contributed by atoms with Crippen LogP contribution in [0.15, 0.2) is 18.2 Å². The highest BCUT2D eigenvalue weighted by molar-refractivity contribution is 5.57. The molecular weight excluding hydrogens is 248 g/mol.